The SMILES string of the molecule is Cc1c(C(=O)NCc2cccnc2)cc(-c2csc(-c3ccncc3)n2)n1Cc1cccs1. The fourth-order valence-electron chi connectivity index (χ4n) is 3.65. The largest absolute Gasteiger partial charge is 0.348 e. The number of carbonyl (C=O) groups is 1. The maximum absolute atomic E-state index is 13.1. The van der Waals surface area contributed by atoms with Crippen molar-refractivity contribution in [3.8, 4) is 22.0 Å². The summed E-state index contributed by atoms with van der Waals surface area (Å²) in [6.07, 6.45) is 7.02. The second-order valence-corrected chi connectivity index (χ2v) is 9.40. The summed E-state index contributed by atoms with van der Waals surface area (Å²) in [6.45, 7) is 3.11. The third-order valence-electron chi connectivity index (χ3n) is 5.37. The smallest absolute Gasteiger partial charge is 0.253 e. The molecule has 1 N–H and O–H groups in total. The van der Waals surface area contributed by atoms with Gasteiger partial charge in [-0.05, 0) is 48.2 Å². The van der Waals surface area contributed by atoms with Gasteiger partial charge in [0, 0.05) is 52.8 Å². The number of nitrogens with zero attached hydrogens (tertiary/aromatic N) is 4. The summed E-state index contributed by atoms with van der Waals surface area (Å²) in [5, 5.41) is 8.07. The maximum Gasteiger partial charge on any atom is 0.253 e. The van der Waals surface area contributed by atoms with E-state index in [4.69, 9.17) is 4.98 Å². The molecule has 0 aliphatic rings. The van der Waals surface area contributed by atoms with Crippen molar-refractivity contribution in [1.29, 1.82) is 0 Å². The quantitative estimate of drug-likeness (QED) is 0.344. The number of pyridine rings is 2. The number of carbonyl (C=O) groups excluding carboxylic acids is 1. The molecule has 5 aromatic heterocycles. The van der Waals surface area contributed by atoms with E-state index >= 15 is 0 Å². The molecule has 8 heteroatoms. The van der Waals surface area contributed by atoms with E-state index in [1.165, 1.54) is 4.88 Å². The fraction of sp³-hybridized carbons (Fsp3) is 0.120. The first-order valence-corrected chi connectivity index (χ1v) is 12.2. The van der Waals surface area contributed by atoms with Gasteiger partial charge < -0.3 is 9.88 Å². The van der Waals surface area contributed by atoms with Gasteiger partial charge >= 0.3 is 0 Å². The van der Waals surface area contributed by atoms with Crippen LogP contribution in [-0.4, -0.2) is 25.4 Å². The predicted octanol–water partition coefficient (Wildman–Crippen LogP) is 5.42. The summed E-state index contributed by atoms with van der Waals surface area (Å²) in [7, 11) is 0. The van der Waals surface area contributed by atoms with Crippen LogP contribution >= 0.6 is 22.7 Å². The molecule has 0 aromatic carbocycles. The number of hydrogen-bond donors (Lipinski definition) is 1. The van der Waals surface area contributed by atoms with E-state index in [9.17, 15) is 4.79 Å². The molecule has 0 radical (unpaired) electrons. The second-order valence-electron chi connectivity index (χ2n) is 7.51. The Hall–Kier alpha value is -3.62. The Morgan fingerprint density at radius 3 is 2.70 bits per heavy atom. The molecule has 5 rings (SSSR count). The Morgan fingerprint density at radius 1 is 1.06 bits per heavy atom. The first-order chi connectivity index (χ1) is 16.2. The number of nitrogens with one attached hydrogen (secondary N) is 1. The van der Waals surface area contributed by atoms with Crippen molar-refractivity contribution in [3.63, 3.8) is 0 Å². The van der Waals surface area contributed by atoms with Crippen LogP contribution in [0.15, 0.2) is 78.0 Å². The van der Waals surface area contributed by atoms with E-state index in [0.717, 1.165) is 33.2 Å². The Morgan fingerprint density at radius 2 is 1.94 bits per heavy atom. The van der Waals surface area contributed by atoms with Crippen molar-refractivity contribution < 1.29 is 4.79 Å². The average Bonchev–Trinajstić information content (AvgIpc) is 3.61. The Bertz CT molecular complexity index is 1360. The highest BCUT2D eigenvalue weighted by molar-refractivity contribution is 7.13. The molecule has 0 saturated heterocycles. The van der Waals surface area contributed by atoms with Crippen LogP contribution in [0.3, 0.4) is 0 Å². The van der Waals surface area contributed by atoms with Crippen LogP contribution in [0, 0.1) is 6.92 Å². The number of aromatic nitrogens is 4. The van der Waals surface area contributed by atoms with Gasteiger partial charge in [-0.25, -0.2) is 4.98 Å². The Kier molecular flexibility index (Phi) is 6.10. The molecule has 0 bridgehead atoms. The van der Waals surface area contributed by atoms with Gasteiger partial charge in [-0.1, -0.05) is 12.1 Å². The normalized spacial score (nSPS) is 10.9. The van der Waals surface area contributed by atoms with Gasteiger partial charge in [-0.2, -0.15) is 0 Å². The standard InChI is InChI=1S/C25H21N5OS2/c1-17-21(24(31)28-14-18-4-2-8-27-13-18)12-23(30(17)15-20-5-3-11-32-20)22-16-33-25(29-22)19-6-9-26-10-7-19/h2-13,16H,14-15H2,1H3,(H,28,31). The molecule has 1 amide bonds. The molecule has 5 aromatic rings. The van der Waals surface area contributed by atoms with Gasteiger partial charge in [0.15, 0.2) is 0 Å². The molecule has 0 atom stereocenters. The summed E-state index contributed by atoms with van der Waals surface area (Å²) in [4.78, 5) is 27.4. The average molecular weight is 472 g/mol. The summed E-state index contributed by atoms with van der Waals surface area (Å²) in [5.41, 5.74) is 5.36. The lowest BCUT2D eigenvalue weighted by molar-refractivity contribution is 0.0950. The first-order valence-electron chi connectivity index (χ1n) is 10.4. The molecular weight excluding hydrogens is 450 g/mol. The van der Waals surface area contributed by atoms with Crippen LogP contribution in [0.25, 0.3) is 22.0 Å². The summed E-state index contributed by atoms with van der Waals surface area (Å²) >= 11 is 3.29. The zero-order valence-electron chi connectivity index (χ0n) is 17.9. The summed E-state index contributed by atoms with van der Waals surface area (Å²) < 4.78 is 2.18. The van der Waals surface area contributed by atoms with Crippen molar-refractivity contribution >= 4 is 28.6 Å². The van der Waals surface area contributed by atoms with Gasteiger partial charge in [-0.15, -0.1) is 22.7 Å². The minimum absolute atomic E-state index is 0.105. The van der Waals surface area contributed by atoms with Crippen molar-refractivity contribution in [2.75, 3.05) is 0 Å². The lowest BCUT2D eigenvalue weighted by atomic mass is 10.2. The highest BCUT2D eigenvalue weighted by Gasteiger charge is 2.21. The van der Waals surface area contributed by atoms with Crippen LogP contribution in [0.1, 0.15) is 26.5 Å². The number of thiophene rings is 1. The van der Waals surface area contributed by atoms with Crippen LogP contribution in [0.5, 0.6) is 0 Å². The number of hydrogen-bond acceptors (Lipinski definition) is 6. The highest BCUT2D eigenvalue weighted by Crippen LogP contribution is 2.32. The Balaban J connectivity index is 1.48. The first kappa shape index (κ1) is 21.2. The zero-order valence-corrected chi connectivity index (χ0v) is 19.6. The molecule has 0 aliphatic carbocycles. The maximum atomic E-state index is 13.1. The molecule has 5 heterocycles. The monoisotopic (exact) mass is 471 g/mol. The molecule has 164 valence electrons. The van der Waals surface area contributed by atoms with Crippen molar-refractivity contribution in [1.82, 2.24) is 24.8 Å². The van der Waals surface area contributed by atoms with E-state index < -0.39 is 0 Å². The number of thiazole rings is 1. The van der Waals surface area contributed by atoms with Crippen molar-refractivity contribution in [2.45, 2.75) is 20.0 Å². The second kappa shape index (κ2) is 9.48. The van der Waals surface area contributed by atoms with Gasteiger partial charge in [0.05, 0.1) is 23.5 Å². The Labute approximate surface area is 199 Å². The van der Waals surface area contributed by atoms with Crippen LogP contribution < -0.4 is 5.32 Å². The lowest BCUT2D eigenvalue weighted by Crippen LogP contribution is -2.23. The van der Waals surface area contributed by atoms with E-state index in [2.05, 4.69) is 31.3 Å². The van der Waals surface area contributed by atoms with Crippen LogP contribution in [-0.2, 0) is 13.1 Å². The van der Waals surface area contributed by atoms with Gasteiger partial charge in [0.2, 0.25) is 0 Å². The molecule has 0 unspecified atom stereocenters. The van der Waals surface area contributed by atoms with Crippen molar-refractivity contribution in [3.05, 3.63) is 99.7 Å². The number of rotatable bonds is 7. The predicted molar refractivity (Wildman–Crippen MR) is 132 cm³/mol. The zero-order chi connectivity index (χ0) is 22.6. The van der Waals surface area contributed by atoms with Crippen LogP contribution in [0.2, 0.25) is 0 Å². The van der Waals surface area contributed by atoms with E-state index in [-0.39, 0.29) is 5.91 Å². The van der Waals surface area contributed by atoms with E-state index in [1.54, 1.807) is 47.5 Å². The molecule has 0 aliphatic heterocycles. The minimum Gasteiger partial charge on any atom is -0.348 e. The molecule has 6 nitrogen and oxygen atoms in total. The molecular formula is C25H21N5OS2. The van der Waals surface area contributed by atoms with E-state index in [1.807, 2.05) is 48.7 Å². The third kappa shape index (κ3) is 4.62. The molecule has 0 fully saturated rings. The summed E-state index contributed by atoms with van der Waals surface area (Å²) in [6, 6.07) is 13.8. The van der Waals surface area contributed by atoms with Crippen molar-refractivity contribution in [2.24, 2.45) is 0 Å². The number of amides is 1. The fourth-order valence-corrected chi connectivity index (χ4v) is 5.16. The van der Waals surface area contributed by atoms with E-state index in [0.29, 0.717) is 18.7 Å². The summed E-state index contributed by atoms with van der Waals surface area (Å²) in [5.74, 6) is -0.105. The highest BCUT2D eigenvalue weighted by atomic mass is 32.1. The lowest BCUT2D eigenvalue weighted by Gasteiger charge is -2.10. The minimum atomic E-state index is -0.105. The molecule has 0 spiro atoms. The molecule has 0 saturated carbocycles. The van der Waals surface area contributed by atoms with Gasteiger partial charge in [-0.3, -0.25) is 14.8 Å². The van der Waals surface area contributed by atoms with Gasteiger partial charge in [0.1, 0.15) is 5.01 Å². The third-order valence-corrected chi connectivity index (χ3v) is 7.13. The topological polar surface area (TPSA) is 72.7 Å². The molecule has 33 heavy (non-hydrogen) atoms. The van der Waals surface area contributed by atoms with Gasteiger partial charge in [0.25, 0.3) is 5.91 Å². The van der Waals surface area contributed by atoms with Crippen LogP contribution in [0.4, 0.5) is 0 Å².